The molecule has 1 aliphatic heterocycles. The fraction of sp³-hybridized carbons (Fsp3) is 0.300. The average Bonchev–Trinajstić information content (AvgIpc) is 2.64. The molecule has 1 amide bonds. The molecule has 0 aromatic heterocycles. The molecule has 0 unspecified atom stereocenters. The van der Waals surface area contributed by atoms with E-state index in [1.807, 2.05) is 72.5 Å². The number of Topliss-reactive ketones (excluding diaryl/α,β-unsaturated/α-hetero) is 1. The van der Waals surface area contributed by atoms with E-state index in [0.717, 1.165) is 11.1 Å². The fourth-order valence-electron chi connectivity index (χ4n) is 3.54. The zero-order valence-corrected chi connectivity index (χ0v) is 14.3. The summed E-state index contributed by atoms with van der Waals surface area (Å²) in [6, 6.07) is 18.9. The molecule has 0 aliphatic carbocycles. The molecular weight excluding hydrogens is 322 g/mol. The molecule has 1 aliphatic rings. The standard InChI is InChI=1S/C20H20ClNO2/c1-14-18(23)12-17(15-8-4-2-5-9-15)22(19(24)13-21)20(14)16-10-6-3-7-11-16/h2-11,14,17,20H,12-13H2,1H3/t14-,17+,20-/m1/s1. The van der Waals surface area contributed by atoms with Crippen molar-refractivity contribution in [2.45, 2.75) is 25.4 Å². The second-order valence-corrected chi connectivity index (χ2v) is 6.44. The zero-order chi connectivity index (χ0) is 17.1. The SMILES string of the molecule is C[C@@H]1C(=O)C[C@@H](c2ccccc2)N(C(=O)CCl)[C@H]1c1ccccc1. The Balaban J connectivity index is 2.09. The van der Waals surface area contributed by atoms with E-state index in [0.29, 0.717) is 6.42 Å². The molecule has 0 bridgehead atoms. The van der Waals surface area contributed by atoms with E-state index < -0.39 is 0 Å². The van der Waals surface area contributed by atoms with Crippen LogP contribution in [-0.2, 0) is 9.59 Å². The Bertz CT molecular complexity index is 717. The number of carbonyl (C=O) groups is 2. The molecular formula is C20H20ClNO2. The van der Waals surface area contributed by atoms with E-state index in [1.165, 1.54) is 0 Å². The van der Waals surface area contributed by atoms with Gasteiger partial charge in [-0.3, -0.25) is 9.59 Å². The molecule has 3 nitrogen and oxygen atoms in total. The van der Waals surface area contributed by atoms with E-state index in [2.05, 4.69) is 0 Å². The molecule has 24 heavy (non-hydrogen) atoms. The first-order valence-corrected chi connectivity index (χ1v) is 8.66. The van der Waals surface area contributed by atoms with Crippen LogP contribution in [0.1, 0.15) is 36.6 Å². The highest BCUT2D eigenvalue weighted by Gasteiger charge is 2.43. The van der Waals surface area contributed by atoms with E-state index in [9.17, 15) is 9.59 Å². The number of ketones is 1. The maximum absolute atomic E-state index is 12.7. The third-order valence-corrected chi connectivity index (χ3v) is 4.97. The summed E-state index contributed by atoms with van der Waals surface area (Å²) in [5, 5.41) is 0. The van der Waals surface area contributed by atoms with Gasteiger partial charge in [0.25, 0.3) is 0 Å². The number of likely N-dealkylation sites (tertiary alicyclic amines) is 1. The van der Waals surface area contributed by atoms with Crippen molar-refractivity contribution >= 4 is 23.3 Å². The number of amides is 1. The fourth-order valence-corrected chi connectivity index (χ4v) is 3.67. The maximum Gasteiger partial charge on any atom is 0.238 e. The Hall–Kier alpha value is -2.13. The number of rotatable bonds is 3. The van der Waals surface area contributed by atoms with E-state index in [1.54, 1.807) is 0 Å². The van der Waals surface area contributed by atoms with Gasteiger partial charge in [0.05, 0.1) is 12.1 Å². The molecule has 0 N–H and O–H groups in total. The molecule has 2 aromatic rings. The van der Waals surface area contributed by atoms with Crippen LogP contribution in [0.25, 0.3) is 0 Å². The van der Waals surface area contributed by atoms with Crippen molar-refractivity contribution < 1.29 is 9.59 Å². The van der Waals surface area contributed by atoms with Crippen LogP contribution in [0.2, 0.25) is 0 Å². The smallest absolute Gasteiger partial charge is 0.238 e. The minimum absolute atomic E-state index is 0.0897. The van der Waals surface area contributed by atoms with E-state index >= 15 is 0 Å². The summed E-state index contributed by atoms with van der Waals surface area (Å²) in [4.78, 5) is 27.1. The summed E-state index contributed by atoms with van der Waals surface area (Å²) in [6.07, 6.45) is 0.330. The maximum atomic E-state index is 12.7. The van der Waals surface area contributed by atoms with Gasteiger partial charge in [0.2, 0.25) is 5.91 Å². The Morgan fingerprint density at radius 1 is 1.04 bits per heavy atom. The van der Waals surface area contributed by atoms with Gasteiger partial charge in [0, 0.05) is 12.3 Å². The Morgan fingerprint density at radius 3 is 2.12 bits per heavy atom. The lowest BCUT2D eigenvalue weighted by molar-refractivity contribution is -0.144. The van der Waals surface area contributed by atoms with Crippen LogP contribution in [0.5, 0.6) is 0 Å². The van der Waals surface area contributed by atoms with Crippen LogP contribution < -0.4 is 0 Å². The number of piperidine rings is 1. The van der Waals surface area contributed by atoms with Crippen LogP contribution in [0.3, 0.4) is 0 Å². The Morgan fingerprint density at radius 2 is 1.58 bits per heavy atom. The van der Waals surface area contributed by atoms with E-state index in [-0.39, 0.29) is 35.6 Å². The zero-order valence-electron chi connectivity index (χ0n) is 13.6. The third-order valence-electron chi connectivity index (χ3n) is 4.74. The molecule has 3 atom stereocenters. The Kier molecular flexibility index (Phi) is 5.00. The van der Waals surface area contributed by atoms with Gasteiger partial charge in [-0.15, -0.1) is 11.6 Å². The Labute approximate surface area is 147 Å². The lowest BCUT2D eigenvalue weighted by Gasteiger charge is -2.45. The molecule has 1 fully saturated rings. The van der Waals surface area contributed by atoms with Crippen LogP contribution in [0.4, 0.5) is 0 Å². The van der Waals surface area contributed by atoms with Gasteiger partial charge in [-0.25, -0.2) is 0 Å². The molecule has 3 rings (SSSR count). The summed E-state index contributed by atoms with van der Waals surface area (Å²) in [6.45, 7) is 1.90. The van der Waals surface area contributed by atoms with Crippen LogP contribution in [-0.4, -0.2) is 22.5 Å². The van der Waals surface area contributed by atoms with Crippen molar-refractivity contribution in [3.05, 3.63) is 71.8 Å². The summed E-state index contributed by atoms with van der Waals surface area (Å²) >= 11 is 5.90. The number of halogens is 1. The van der Waals surface area contributed by atoms with Crippen molar-refractivity contribution in [1.29, 1.82) is 0 Å². The van der Waals surface area contributed by atoms with Gasteiger partial charge < -0.3 is 4.90 Å². The molecule has 2 aromatic carbocycles. The average molecular weight is 342 g/mol. The quantitative estimate of drug-likeness (QED) is 0.787. The normalized spacial score (nSPS) is 24.0. The molecule has 0 radical (unpaired) electrons. The van der Waals surface area contributed by atoms with Gasteiger partial charge in [-0.2, -0.15) is 0 Å². The largest absolute Gasteiger partial charge is 0.326 e. The summed E-state index contributed by atoms with van der Waals surface area (Å²) in [5.41, 5.74) is 1.94. The number of hydrogen-bond acceptors (Lipinski definition) is 2. The first-order chi connectivity index (χ1) is 11.6. The van der Waals surface area contributed by atoms with Crippen LogP contribution in [0, 0.1) is 5.92 Å². The number of carbonyl (C=O) groups excluding carboxylic acids is 2. The summed E-state index contributed by atoms with van der Waals surface area (Å²) in [5.74, 6) is -0.303. The number of hydrogen-bond donors (Lipinski definition) is 0. The van der Waals surface area contributed by atoms with Gasteiger partial charge in [0.1, 0.15) is 11.7 Å². The summed E-state index contributed by atoms with van der Waals surface area (Å²) in [7, 11) is 0. The number of nitrogens with zero attached hydrogens (tertiary/aromatic N) is 1. The second kappa shape index (κ2) is 7.18. The second-order valence-electron chi connectivity index (χ2n) is 6.18. The topological polar surface area (TPSA) is 37.4 Å². The predicted molar refractivity (Wildman–Crippen MR) is 94.7 cm³/mol. The number of benzene rings is 2. The summed E-state index contributed by atoms with van der Waals surface area (Å²) < 4.78 is 0. The first kappa shape index (κ1) is 16.7. The van der Waals surface area contributed by atoms with Crippen LogP contribution >= 0.6 is 11.6 Å². The lowest BCUT2D eigenvalue weighted by atomic mass is 9.80. The molecule has 124 valence electrons. The lowest BCUT2D eigenvalue weighted by Crippen LogP contribution is -2.48. The van der Waals surface area contributed by atoms with Crippen molar-refractivity contribution in [2.75, 3.05) is 5.88 Å². The van der Waals surface area contributed by atoms with Crippen molar-refractivity contribution in [1.82, 2.24) is 4.90 Å². The minimum Gasteiger partial charge on any atom is -0.326 e. The molecule has 4 heteroatoms. The number of alkyl halides is 1. The van der Waals surface area contributed by atoms with Gasteiger partial charge in [0.15, 0.2) is 0 Å². The van der Waals surface area contributed by atoms with Crippen molar-refractivity contribution in [2.24, 2.45) is 5.92 Å². The predicted octanol–water partition coefficient (Wildman–Crippen LogP) is 4.15. The van der Waals surface area contributed by atoms with Crippen molar-refractivity contribution in [3.8, 4) is 0 Å². The third kappa shape index (κ3) is 3.09. The van der Waals surface area contributed by atoms with Gasteiger partial charge in [-0.05, 0) is 11.1 Å². The van der Waals surface area contributed by atoms with Gasteiger partial charge in [-0.1, -0.05) is 67.6 Å². The molecule has 0 saturated carbocycles. The molecule has 1 heterocycles. The highest BCUT2D eigenvalue weighted by Crippen LogP contribution is 2.43. The first-order valence-electron chi connectivity index (χ1n) is 8.13. The van der Waals surface area contributed by atoms with Crippen molar-refractivity contribution in [3.63, 3.8) is 0 Å². The minimum atomic E-state index is -0.288. The van der Waals surface area contributed by atoms with Gasteiger partial charge >= 0.3 is 0 Å². The monoisotopic (exact) mass is 341 g/mol. The van der Waals surface area contributed by atoms with Crippen LogP contribution in [0.15, 0.2) is 60.7 Å². The molecule has 1 saturated heterocycles. The van der Waals surface area contributed by atoms with E-state index in [4.69, 9.17) is 11.6 Å². The highest BCUT2D eigenvalue weighted by atomic mass is 35.5. The molecule has 0 spiro atoms. The highest BCUT2D eigenvalue weighted by molar-refractivity contribution is 6.27.